The predicted molar refractivity (Wildman–Crippen MR) is 128 cm³/mol. The summed E-state index contributed by atoms with van der Waals surface area (Å²) in [6.07, 6.45) is -0.292. The van der Waals surface area contributed by atoms with Crippen LogP contribution < -0.4 is 10.2 Å². The Balaban J connectivity index is 1.27. The molecule has 2 N–H and O–H groups in total. The molecule has 0 aromatic heterocycles. The van der Waals surface area contributed by atoms with Gasteiger partial charge >= 0.3 is 6.09 Å². The van der Waals surface area contributed by atoms with Gasteiger partial charge in [-0.25, -0.2) is 4.79 Å². The minimum absolute atomic E-state index is 0.150. The second-order valence-electron chi connectivity index (χ2n) is 8.00. The molecule has 7 heteroatoms. The molecule has 4 rings (SSSR count). The zero-order valence-electron chi connectivity index (χ0n) is 18.5. The van der Waals surface area contributed by atoms with Gasteiger partial charge in [0.25, 0.3) is 5.91 Å². The number of ether oxygens (including phenoxy) is 1. The molecule has 0 saturated carbocycles. The highest BCUT2D eigenvalue weighted by Gasteiger charge is 2.22. The van der Waals surface area contributed by atoms with Crippen LogP contribution in [0.1, 0.15) is 21.5 Å². The molecule has 33 heavy (non-hydrogen) atoms. The number of amides is 2. The summed E-state index contributed by atoms with van der Waals surface area (Å²) in [6.45, 7) is 4.83. The zero-order valence-corrected chi connectivity index (χ0v) is 18.5. The van der Waals surface area contributed by atoms with E-state index in [1.807, 2.05) is 43.3 Å². The molecule has 0 spiro atoms. The van der Waals surface area contributed by atoms with Crippen LogP contribution in [0.5, 0.6) is 5.75 Å². The van der Waals surface area contributed by atoms with Crippen molar-refractivity contribution in [2.45, 2.75) is 13.5 Å². The van der Waals surface area contributed by atoms with Gasteiger partial charge < -0.3 is 25.0 Å². The molecule has 0 bridgehead atoms. The average Bonchev–Trinajstić information content (AvgIpc) is 2.85. The SMILES string of the molecule is Cc1ccccc1COC(=O)N1CCN(c2ccc(C(=O)Nc3ccc(O)cc3)cc2)CC1. The molecule has 3 aromatic rings. The predicted octanol–water partition coefficient (Wildman–Crippen LogP) is 4.41. The third kappa shape index (κ3) is 5.63. The minimum atomic E-state index is -0.292. The number of piperazine rings is 1. The Kier molecular flexibility index (Phi) is 6.78. The summed E-state index contributed by atoms with van der Waals surface area (Å²) >= 11 is 0. The van der Waals surface area contributed by atoms with Gasteiger partial charge in [-0.2, -0.15) is 0 Å². The summed E-state index contributed by atoms with van der Waals surface area (Å²) in [5.41, 5.74) is 4.29. The van der Waals surface area contributed by atoms with E-state index >= 15 is 0 Å². The van der Waals surface area contributed by atoms with E-state index in [0.29, 0.717) is 37.4 Å². The number of nitrogens with one attached hydrogen (secondary N) is 1. The van der Waals surface area contributed by atoms with Crippen molar-refractivity contribution in [1.29, 1.82) is 0 Å². The molecule has 0 atom stereocenters. The Bertz CT molecular complexity index is 1110. The number of rotatable bonds is 5. The molecular formula is C26H27N3O4. The van der Waals surface area contributed by atoms with Crippen LogP contribution >= 0.6 is 0 Å². The average molecular weight is 446 g/mol. The molecule has 1 heterocycles. The Morgan fingerprint density at radius 2 is 1.58 bits per heavy atom. The van der Waals surface area contributed by atoms with Crippen LogP contribution in [0.4, 0.5) is 16.2 Å². The minimum Gasteiger partial charge on any atom is -0.508 e. The number of phenols is 1. The van der Waals surface area contributed by atoms with Gasteiger partial charge in [0.15, 0.2) is 0 Å². The number of nitrogens with zero attached hydrogens (tertiary/aromatic N) is 2. The van der Waals surface area contributed by atoms with E-state index in [9.17, 15) is 14.7 Å². The Labute approximate surface area is 193 Å². The molecule has 0 radical (unpaired) electrons. The third-order valence-corrected chi connectivity index (χ3v) is 5.77. The molecule has 0 unspecified atom stereocenters. The maximum absolute atomic E-state index is 12.4. The van der Waals surface area contributed by atoms with E-state index in [4.69, 9.17) is 4.74 Å². The number of anilines is 2. The highest BCUT2D eigenvalue weighted by molar-refractivity contribution is 6.04. The van der Waals surface area contributed by atoms with Gasteiger partial charge in [-0.05, 0) is 66.6 Å². The van der Waals surface area contributed by atoms with Gasteiger partial charge in [0.05, 0.1) is 0 Å². The molecule has 1 aliphatic rings. The molecule has 0 aliphatic carbocycles. The smallest absolute Gasteiger partial charge is 0.410 e. The van der Waals surface area contributed by atoms with Crippen LogP contribution in [0.25, 0.3) is 0 Å². The first-order valence-electron chi connectivity index (χ1n) is 10.9. The summed E-state index contributed by atoms with van der Waals surface area (Å²) in [4.78, 5) is 28.8. The maximum Gasteiger partial charge on any atom is 0.410 e. The van der Waals surface area contributed by atoms with Crippen molar-refractivity contribution in [2.75, 3.05) is 36.4 Å². The summed E-state index contributed by atoms with van der Waals surface area (Å²) in [7, 11) is 0. The maximum atomic E-state index is 12.4. The van der Waals surface area contributed by atoms with Crippen LogP contribution in [-0.2, 0) is 11.3 Å². The standard InChI is InChI=1S/C26H27N3O4/c1-19-4-2-3-5-21(19)18-33-26(32)29-16-14-28(15-17-29)23-10-6-20(7-11-23)25(31)27-22-8-12-24(30)13-9-22/h2-13,30H,14-18H2,1H3,(H,27,31). The Hall–Kier alpha value is -4.00. The fourth-order valence-electron chi connectivity index (χ4n) is 3.72. The van der Waals surface area contributed by atoms with Crippen molar-refractivity contribution in [3.63, 3.8) is 0 Å². The van der Waals surface area contributed by atoms with Crippen molar-refractivity contribution in [3.8, 4) is 5.75 Å². The second kappa shape index (κ2) is 10.1. The van der Waals surface area contributed by atoms with Crippen LogP contribution in [-0.4, -0.2) is 48.2 Å². The van der Waals surface area contributed by atoms with E-state index in [1.165, 1.54) is 12.1 Å². The number of hydrogen-bond acceptors (Lipinski definition) is 5. The molecule has 7 nitrogen and oxygen atoms in total. The highest BCUT2D eigenvalue weighted by Crippen LogP contribution is 2.20. The molecule has 3 aromatic carbocycles. The number of phenolic OH excluding ortho intramolecular Hbond substituents is 1. The molecule has 1 saturated heterocycles. The summed E-state index contributed by atoms with van der Waals surface area (Å²) in [6, 6.07) is 21.6. The van der Waals surface area contributed by atoms with E-state index in [2.05, 4.69) is 10.2 Å². The van der Waals surface area contributed by atoms with Gasteiger partial charge in [-0.3, -0.25) is 4.79 Å². The fraction of sp³-hybridized carbons (Fsp3) is 0.231. The van der Waals surface area contributed by atoms with E-state index < -0.39 is 0 Å². The number of carbonyl (C=O) groups is 2. The lowest BCUT2D eigenvalue weighted by atomic mass is 10.1. The Morgan fingerprint density at radius 3 is 2.24 bits per heavy atom. The molecule has 1 aliphatic heterocycles. The van der Waals surface area contributed by atoms with Gasteiger partial charge in [0.1, 0.15) is 12.4 Å². The highest BCUT2D eigenvalue weighted by atomic mass is 16.6. The van der Waals surface area contributed by atoms with E-state index in [1.54, 1.807) is 29.2 Å². The second-order valence-corrected chi connectivity index (χ2v) is 8.00. The first-order valence-corrected chi connectivity index (χ1v) is 10.9. The number of benzene rings is 3. The van der Waals surface area contributed by atoms with Crippen LogP contribution in [0.2, 0.25) is 0 Å². The number of carbonyl (C=O) groups excluding carboxylic acids is 2. The van der Waals surface area contributed by atoms with Crippen molar-refractivity contribution in [3.05, 3.63) is 89.5 Å². The normalized spacial score (nSPS) is 13.5. The Morgan fingerprint density at radius 1 is 0.909 bits per heavy atom. The lowest BCUT2D eigenvalue weighted by Crippen LogP contribution is -2.48. The first-order chi connectivity index (χ1) is 16.0. The number of aromatic hydroxyl groups is 1. The quantitative estimate of drug-likeness (QED) is 0.569. The monoisotopic (exact) mass is 445 g/mol. The summed E-state index contributed by atoms with van der Waals surface area (Å²) in [5.74, 6) is -0.0644. The van der Waals surface area contributed by atoms with E-state index in [-0.39, 0.29) is 24.4 Å². The van der Waals surface area contributed by atoms with Crippen LogP contribution in [0.15, 0.2) is 72.8 Å². The molecule has 2 amide bonds. The van der Waals surface area contributed by atoms with Gasteiger partial charge in [0, 0.05) is 43.1 Å². The summed E-state index contributed by atoms with van der Waals surface area (Å²) < 4.78 is 5.50. The van der Waals surface area contributed by atoms with Crippen molar-refractivity contribution < 1.29 is 19.4 Å². The lowest BCUT2D eigenvalue weighted by Gasteiger charge is -2.35. The van der Waals surface area contributed by atoms with Gasteiger partial charge in [-0.15, -0.1) is 0 Å². The van der Waals surface area contributed by atoms with Crippen molar-refractivity contribution >= 4 is 23.4 Å². The largest absolute Gasteiger partial charge is 0.508 e. The topological polar surface area (TPSA) is 82.1 Å². The zero-order chi connectivity index (χ0) is 23.2. The van der Waals surface area contributed by atoms with Gasteiger partial charge in [0.2, 0.25) is 0 Å². The molecule has 1 fully saturated rings. The van der Waals surface area contributed by atoms with Crippen LogP contribution in [0.3, 0.4) is 0 Å². The fourth-order valence-corrected chi connectivity index (χ4v) is 3.72. The molecule has 170 valence electrons. The van der Waals surface area contributed by atoms with Crippen LogP contribution in [0, 0.1) is 6.92 Å². The van der Waals surface area contributed by atoms with Crippen molar-refractivity contribution in [1.82, 2.24) is 4.90 Å². The van der Waals surface area contributed by atoms with E-state index in [0.717, 1.165) is 16.8 Å². The van der Waals surface area contributed by atoms with Gasteiger partial charge in [-0.1, -0.05) is 24.3 Å². The summed E-state index contributed by atoms with van der Waals surface area (Å²) in [5, 5.41) is 12.2. The third-order valence-electron chi connectivity index (χ3n) is 5.77. The lowest BCUT2D eigenvalue weighted by molar-refractivity contribution is 0.0939. The first kappa shape index (κ1) is 22.2. The van der Waals surface area contributed by atoms with Crippen molar-refractivity contribution in [2.24, 2.45) is 0 Å². The molecular weight excluding hydrogens is 418 g/mol. The number of aryl methyl sites for hydroxylation is 1. The number of hydrogen-bond donors (Lipinski definition) is 2.